The number of pyridine rings is 2. The molecule has 0 atom stereocenters. The third-order valence-electron chi connectivity index (χ3n) is 8.77. The molecule has 0 amide bonds. The minimum absolute atomic E-state index is 0. The fourth-order valence-corrected chi connectivity index (χ4v) is 5.39. The quantitative estimate of drug-likeness (QED) is 0.130. The molecule has 5 aromatic rings. The van der Waals surface area contributed by atoms with Crippen LogP contribution in [0.25, 0.3) is 11.6 Å². The van der Waals surface area contributed by atoms with Crippen molar-refractivity contribution in [2.24, 2.45) is 0 Å². The zero-order valence-corrected chi connectivity index (χ0v) is 34.7. The second-order valence-corrected chi connectivity index (χ2v) is 17.4. The topological polar surface area (TPSA) is 64.7 Å². The zero-order valence-electron chi connectivity index (χ0n) is 32.4. The van der Waals surface area contributed by atoms with Crippen LogP contribution in [0, 0.1) is 12.4 Å². The Bertz CT molecular complexity index is 1970. The van der Waals surface area contributed by atoms with Crippen molar-refractivity contribution in [2.75, 3.05) is 4.90 Å². The number of alkyl halides is 6. The molecular weight excluding hydrogens is 888 g/mol. The van der Waals surface area contributed by atoms with Crippen molar-refractivity contribution in [2.45, 2.75) is 117 Å². The van der Waals surface area contributed by atoms with Crippen LogP contribution in [-0.4, -0.2) is 29.5 Å². The standard InChI is InChI=1S/C40H45F6N7.Pt/c1-35(2,3)24-17-25(36(4,5)6)19-28(18-24)53(33-22-26(37(7,8)9)20-31(47-33)51-15-13-29(49-51)39(41,42)43)34-23-27(38(10,11)12)21-32(48-34)52-16-14-30(50-52)40(44,45)46;/h13-14,17-23H,1-12H3;/q-2;+2. The third-order valence-corrected chi connectivity index (χ3v) is 8.77. The first-order chi connectivity index (χ1) is 24.0. The summed E-state index contributed by atoms with van der Waals surface area (Å²) in [7, 11) is 0. The van der Waals surface area contributed by atoms with Gasteiger partial charge in [0.15, 0.2) is 0 Å². The second-order valence-electron chi connectivity index (χ2n) is 17.4. The minimum atomic E-state index is -4.70. The molecule has 0 fully saturated rings. The summed E-state index contributed by atoms with van der Waals surface area (Å²) >= 11 is 0. The molecule has 0 spiro atoms. The van der Waals surface area contributed by atoms with Gasteiger partial charge in [0.2, 0.25) is 0 Å². The van der Waals surface area contributed by atoms with Gasteiger partial charge in [0.25, 0.3) is 0 Å². The van der Waals surface area contributed by atoms with Crippen molar-refractivity contribution in [1.29, 1.82) is 0 Å². The predicted octanol–water partition coefficient (Wildman–Crippen LogP) is 11.1. The maximum atomic E-state index is 13.7. The van der Waals surface area contributed by atoms with E-state index in [1.807, 2.05) is 65.8 Å². The molecule has 0 N–H and O–H groups in total. The Morgan fingerprint density at radius 3 is 1.07 bits per heavy atom. The third kappa shape index (κ3) is 9.44. The molecule has 0 radical (unpaired) electrons. The van der Waals surface area contributed by atoms with Gasteiger partial charge in [-0.15, -0.1) is 12.1 Å². The molecule has 0 aliphatic rings. The number of hydrogen-bond acceptors (Lipinski definition) is 5. The first-order valence-corrected chi connectivity index (χ1v) is 17.1. The Balaban J connectivity index is 0.00000650. The van der Waals surface area contributed by atoms with Crippen LogP contribution in [0.3, 0.4) is 0 Å². The smallest absolute Gasteiger partial charge is 0.343 e. The SMILES string of the molecule is CC(C)(C)c1cc(N(c2cc(C(C)(C)C)cc(-n3[c-]cc(C(F)(F)F)n3)n2)c2cc(C(C)(C)C)cc(-n3[c-]cc(C(F)(F)F)n3)n2)cc(C(C)(C)C)c1.[Pt+2]. The number of nitrogens with zero attached hydrogens (tertiary/aromatic N) is 7. The fraction of sp³-hybridized carbons (Fsp3) is 0.450. The monoisotopic (exact) mass is 932 g/mol. The average Bonchev–Trinajstić information content (AvgIpc) is 3.71. The summed E-state index contributed by atoms with van der Waals surface area (Å²) < 4.78 is 84.0. The molecular formula is C40H45F6N7Pt. The van der Waals surface area contributed by atoms with E-state index in [9.17, 15) is 26.3 Å². The van der Waals surface area contributed by atoms with Crippen molar-refractivity contribution in [3.63, 3.8) is 0 Å². The molecule has 5 rings (SSSR count). The Hall–Kier alpha value is -3.99. The van der Waals surface area contributed by atoms with Gasteiger partial charge >= 0.3 is 33.4 Å². The Morgan fingerprint density at radius 2 is 0.796 bits per heavy atom. The van der Waals surface area contributed by atoms with Gasteiger partial charge in [-0.2, -0.15) is 26.3 Å². The number of anilines is 3. The van der Waals surface area contributed by atoms with E-state index in [2.05, 4.69) is 70.2 Å². The van der Waals surface area contributed by atoms with Crippen LogP contribution in [0.5, 0.6) is 0 Å². The van der Waals surface area contributed by atoms with Crippen LogP contribution in [0.1, 0.15) is 117 Å². The van der Waals surface area contributed by atoms with Gasteiger partial charge in [-0.1, -0.05) is 114 Å². The number of rotatable bonds is 5. The number of halogens is 6. The van der Waals surface area contributed by atoms with E-state index in [1.54, 1.807) is 17.0 Å². The Kier molecular flexibility index (Phi) is 11.3. The minimum Gasteiger partial charge on any atom is -0.343 e. The molecule has 1 aromatic carbocycles. The van der Waals surface area contributed by atoms with Gasteiger partial charge in [0.05, 0.1) is 23.0 Å². The summed E-state index contributed by atoms with van der Waals surface area (Å²) in [6.07, 6.45) is -4.26. The van der Waals surface area contributed by atoms with Crippen LogP contribution >= 0.6 is 0 Å². The van der Waals surface area contributed by atoms with Crippen LogP contribution in [0.2, 0.25) is 0 Å². The molecule has 4 heterocycles. The van der Waals surface area contributed by atoms with Gasteiger partial charge in [0, 0.05) is 5.69 Å². The van der Waals surface area contributed by atoms with Crippen molar-refractivity contribution in [3.05, 3.63) is 101 Å². The number of aromatic nitrogens is 6. The number of benzene rings is 1. The Morgan fingerprint density at radius 1 is 0.481 bits per heavy atom. The molecule has 0 aliphatic heterocycles. The summed E-state index contributed by atoms with van der Waals surface area (Å²) in [6.45, 7) is 24.3. The van der Waals surface area contributed by atoms with E-state index < -0.39 is 34.6 Å². The van der Waals surface area contributed by atoms with Gasteiger partial charge < -0.3 is 9.36 Å². The maximum Gasteiger partial charge on any atom is 2.00 e. The maximum absolute atomic E-state index is 13.7. The second kappa shape index (κ2) is 14.3. The van der Waals surface area contributed by atoms with E-state index in [0.717, 1.165) is 43.8 Å². The van der Waals surface area contributed by atoms with Crippen molar-refractivity contribution in [3.8, 4) is 11.6 Å². The van der Waals surface area contributed by atoms with E-state index >= 15 is 0 Å². The molecule has 0 saturated carbocycles. The zero-order chi connectivity index (χ0) is 39.7. The van der Waals surface area contributed by atoms with E-state index in [-0.39, 0.29) is 43.5 Å². The first kappa shape index (κ1) is 42.7. The van der Waals surface area contributed by atoms with Crippen LogP contribution < -0.4 is 4.90 Å². The summed E-state index contributed by atoms with van der Waals surface area (Å²) in [5, 5.41) is 7.54. The van der Waals surface area contributed by atoms with Crippen LogP contribution in [0.4, 0.5) is 43.7 Å². The van der Waals surface area contributed by atoms with Gasteiger partial charge in [-0.3, -0.25) is 25.1 Å². The van der Waals surface area contributed by atoms with Gasteiger partial charge in [0.1, 0.15) is 11.6 Å². The first-order valence-electron chi connectivity index (χ1n) is 17.1. The molecule has 0 unspecified atom stereocenters. The molecule has 7 nitrogen and oxygen atoms in total. The largest absolute Gasteiger partial charge is 2.00 e. The van der Waals surface area contributed by atoms with E-state index in [4.69, 9.17) is 9.97 Å². The summed E-state index contributed by atoms with van der Waals surface area (Å²) in [5.74, 6) is 0.748. The predicted molar refractivity (Wildman–Crippen MR) is 193 cm³/mol. The molecule has 0 aliphatic carbocycles. The summed E-state index contributed by atoms with van der Waals surface area (Å²) in [5.41, 5.74) is 0.203. The van der Waals surface area contributed by atoms with Crippen molar-refractivity contribution >= 4 is 17.3 Å². The fourth-order valence-electron chi connectivity index (χ4n) is 5.39. The molecule has 292 valence electrons. The average molecular weight is 933 g/mol. The molecule has 54 heavy (non-hydrogen) atoms. The number of hydrogen-bond donors (Lipinski definition) is 0. The van der Waals surface area contributed by atoms with E-state index in [1.165, 1.54) is 0 Å². The summed E-state index contributed by atoms with van der Waals surface area (Å²) in [4.78, 5) is 11.6. The van der Waals surface area contributed by atoms with Crippen LogP contribution in [0.15, 0.2) is 54.6 Å². The molecule has 0 bridgehead atoms. The van der Waals surface area contributed by atoms with Gasteiger partial charge in [-0.25, -0.2) is 0 Å². The molecule has 0 saturated heterocycles. The molecule has 4 aromatic heterocycles. The Labute approximate surface area is 327 Å². The normalized spacial score (nSPS) is 13.2. The van der Waals surface area contributed by atoms with Crippen molar-refractivity contribution < 1.29 is 47.4 Å². The molecule has 14 heteroatoms. The van der Waals surface area contributed by atoms with Crippen molar-refractivity contribution in [1.82, 2.24) is 29.5 Å². The summed E-state index contributed by atoms with van der Waals surface area (Å²) in [6, 6.07) is 14.7. The van der Waals surface area contributed by atoms with E-state index in [0.29, 0.717) is 17.3 Å². The van der Waals surface area contributed by atoms with Gasteiger partial charge in [-0.05, 0) is 68.2 Å². The van der Waals surface area contributed by atoms with Crippen LogP contribution in [-0.2, 0) is 55.1 Å².